The second kappa shape index (κ2) is 7.92. The van der Waals surface area contributed by atoms with Gasteiger partial charge in [-0.1, -0.05) is 0 Å². The van der Waals surface area contributed by atoms with Gasteiger partial charge >= 0.3 is 0 Å². The summed E-state index contributed by atoms with van der Waals surface area (Å²) in [5.41, 5.74) is 0. The minimum absolute atomic E-state index is 0.174. The molecular weight excluding hydrogens is 232 g/mol. The Kier molecular flexibility index (Phi) is 6.49. The van der Waals surface area contributed by atoms with Crippen LogP contribution in [0.2, 0.25) is 0 Å². The van der Waals surface area contributed by atoms with Crippen molar-refractivity contribution in [2.75, 3.05) is 33.9 Å². The molecule has 0 radical (unpaired) electrons. The summed E-state index contributed by atoms with van der Waals surface area (Å²) >= 11 is 0. The van der Waals surface area contributed by atoms with E-state index in [1.165, 1.54) is 0 Å². The van der Waals surface area contributed by atoms with Crippen LogP contribution in [-0.4, -0.2) is 51.8 Å². The van der Waals surface area contributed by atoms with Crippen LogP contribution in [0.25, 0.3) is 0 Å². The van der Waals surface area contributed by atoms with Gasteiger partial charge in [0.05, 0.1) is 6.61 Å². The van der Waals surface area contributed by atoms with Crippen molar-refractivity contribution < 1.29 is 9.53 Å². The van der Waals surface area contributed by atoms with Crippen LogP contribution >= 0.6 is 0 Å². The van der Waals surface area contributed by atoms with Crippen LogP contribution < -0.4 is 16.0 Å². The molecule has 0 aromatic carbocycles. The number of carbonyl (C=O) groups is 1. The SMILES string of the molecule is CN=C(NCCNC(=O)C1CC1)NC(C)COC. The Morgan fingerprint density at radius 3 is 2.61 bits per heavy atom. The van der Waals surface area contributed by atoms with E-state index in [1.807, 2.05) is 6.92 Å². The molecule has 0 saturated heterocycles. The molecular formula is C12H24N4O2. The molecule has 0 aromatic heterocycles. The van der Waals surface area contributed by atoms with E-state index in [9.17, 15) is 4.79 Å². The maximum atomic E-state index is 11.4. The third-order valence-electron chi connectivity index (χ3n) is 2.69. The Hall–Kier alpha value is -1.30. The zero-order valence-electron chi connectivity index (χ0n) is 11.5. The van der Waals surface area contributed by atoms with Crippen LogP contribution in [0.4, 0.5) is 0 Å². The standard InChI is InChI=1S/C12H24N4O2/c1-9(8-18-3)16-12(13-2)15-7-6-14-11(17)10-4-5-10/h9-10H,4-8H2,1-3H3,(H,14,17)(H2,13,15,16). The zero-order chi connectivity index (χ0) is 13.4. The van der Waals surface area contributed by atoms with E-state index in [0.717, 1.165) is 18.8 Å². The van der Waals surface area contributed by atoms with Crippen LogP contribution in [0.15, 0.2) is 4.99 Å². The first-order chi connectivity index (χ1) is 8.67. The van der Waals surface area contributed by atoms with Crippen LogP contribution in [0.3, 0.4) is 0 Å². The molecule has 1 rings (SSSR count). The molecule has 104 valence electrons. The molecule has 0 aliphatic heterocycles. The van der Waals surface area contributed by atoms with Gasteiger partial charge in [0.2, 0.25) is 5.91 Å². The number of hydrogen-bond acceptors (Lipinski definition) is 3. The maximum absolute atomic E-state index is 11.4. The molecule has 1 unspecified atom stereocenters. The summed E-state index contributed by atoms with van der Waals surface area (Å²) in [6.07, 6.45) is 2.08. The van der Waals surface area contributed by atoms with Gasteiger partial charge in [0.15, 0.2) is 5.96 Å². The van der Waals surface area contributed by atoms with Crippen molar-refractivity contribution in [3.63, 3.8) is 0 Å². The number of aliphatic imine (C=N–C) groups is 1. The number of rotatable bonds is 7. The molecule has 0 heterocycles. The van der Waals surface area contributed by atoms with Gasteiger partial charge in [-0.05, 0) is 19.8 Å². The molecule has 6 heteroatoms. The summed E-state index contributed by atoms with van der Waals surface area (Å²) in [5, 5.41) is 9.23. The predicted octanol–water partition coefficient (Wildman–Crippen LogP) is -0.287. The summed E-state index contributed by atoms with van der Waals surface area (Å²) in [7, 11) is 3.39. The van der Waals surface area contributed by atoms with Crippen molar-refractivity contribution in [1.82, 2.24) is 16.0 Å². The average Bonchev–Trinajstić information content (AvgIpc) is 3.17. The molecule has 1 atom stereocenters. The number of nitrogens with one attached hydrogen (secondary N) is 3. The first-order valence-corrected chi connectivity index (χ1v) is 6.41. The van der Waals surface area contributed by atoms with Crippen molar-refractivity contribution in [1.29, 1.82) is 0 Å². The summed E-state index contributed by atoms with van der Waals surface area (Å²) in [4.78, 5) is 15.5. The van der Waals surface area contributed by atoms with Gasteiger partial charge in [0, 0.05) is 39.2 Å². The summed E-state index contributed by atoms with van der Waals surface area (Å²) in [6, 6.07) is 0.197. The third kappa shape index (κ3) is 5.86. The maximum Gasteiger partial charge on any atom is 0.223 e. The highest BCUT2D eigenvalue weighted by Crippen LogP contribution is 2.28. The van der Waals surface area contributed by atoms with E-state index in [4.69, 9.17) is 4.74 Å². The van der Waals surface area contributed by atoms with Crippen molar-refractivity contribution in [2.24, 2.45) is 10.9 Å². The number of nitrogens with zero attached hydrogens (tertiary/aromatic N) is 1. The van der Waals surface area contributed by atoms with E-state index in [2.05, 4.69) is 20.9 Å². The lowest BCUT2D eigenvalue weighted by Gasteiger charge is -2.17. The number of ether oxygens (including phenoxy) is 1. The Morgan fingerprint density at radius 1 is 1.39 bits per heavy atom. The molecule has 1 saturated carbocycles. The summed E-state index contributed by atoms with van der Waals surface area (Å²) in [5.74, 6) is 1.16. The van der Waals surface area contributed by atoms with Gasteiger partial charge < -0.3 is 20.7 Å². The van der Waals surface area contributed by atoms with Crippen LogP contribution in [-0.2, 0) is 9.53 Å². The summed E-state index contributed by atoms with van der Waals surface area (Å²) in [6.45, 7) is 3.93. The Balaban J connectivity index is 2.09. The lowest BCUT2D eigenvalue weighted by atomic mass is 10.4. The number of guanidine groups is 1. The average molecular weight is 256 g/mol. The Labute approximate surface area is 109 Å². The highest BCUT2D eigenvalue weighted by Gasteiger charge is 2.28. The molecule has 1 amide bonds. The molecule has 3 N–H and O–H groups in total. The smallest absolute Gasteiger partial charge is 0.223 e. The number of carbonyl (C=O) groups excluding carboxylic acids is 1. The van der Waals surface area contributed by atoms with Gasteiger partial charge in [-0.2, -0.15) is 0 Å². The second-order valence-electron chi connectivity index (χ2n) is 4.57. The first-order valence-electron chi connectivity index (χ1n) is 6.41. The fourth-order valence-corrected chi connectivity index (χ4v) is 1.58. The molecule has 0 bridgehead atoms. The van der Waals surface area contributed by atoms with E-state index in [-0.39, 0.29) is 17.9 Å². The van der Waals surface area contributed by atoms with E-state index >= 15 is 0 Å². The van der Waals surface area contributed by atoms with E-state index < -0.39 is 0 Å². The minimum Gasteiger partial charge on any atom is -0.383 e. The fraction of sp³-hybridized carbons (Fsp3) is 0.833. The fourth-order valence-electron chi connectivity index (χ4n) is 1.58. The van der Waals surface area contributed by atoms with Gasteiger partial charge in [-0.15, -0.1) is 0 Å². The van der Waals surface area contributed by atoms with Crippen molar-refractivity contribution in [2.45, 2.75) is 25.8 Å². The second-order valence-corrected chi connectivity index (χ2v) is 4.57. The Bertz CT molecular complexity index is 290. The lowest BCUT2D eigenvalue weighted by molar-refractivity contribution is -0.122. The predicted molar refractivity (Wildman–Crippen MR) is 71.6 cm³/mol. The monoisotopic (exact) mass is 256 g/mol. The van der Waals surface area contributed by atoms with Crippen molar-refractivity contribution >= 4 is 11.9 Å². The third-order valence-corrected chi connectivity index (χ3v) is 2.69. The topological polar surface area (TPSA) is 74.8 Å². The van der Waals surface area contributed by atoms with E-state index in [0.29, 0.717) is 19.7 Å². The first kappa shape index (κ1) is 14.8. The quantitative estimate of drug-likeness (QED) is 0.332. The lowest BCUT2D eigenvalue weighted by Crippen LogP contribution is -2.46. The normalized spacial score (nSPS) is 17.2. The Morgan fingerprint density at radius 2 is 2.06 bits per heavy atom. The molecule has 0 aromatic rings. The molecule has 0 spiro atoms. The summed E-state index contributed by atoms with van der Waals surface area (Å²) < 4.78 is 5.04. The van der Waals surface area contributed by atoms with Crippen LogP contribution in [0.5, 0.6) is 0 Å². The number of hydrogen-bond donors (Lipinski definition) is 3. The van der Waals surface area contributed by atoms with Gasteiger partial charge in [0.25, 0.3) is 0 Å². The molecule has 6 nitrogen and oxygen atoms in total. The van der Waals surface area contributed by atoms with Gasteiger partial charge in [-0.25, -0.2) is 0 Å². The van der Waals surface area contributed by atoms with Crippen LogP contribution in [0, 0.1) is 5.92 Å². The molecule has 18 heavy (non-hydrogen) atoms. The minimum atomic E-state index is 0.174. The highest BCUT2D eigenvalue weighted by molar-refractivity contribution is 5.81. The van der Waals surface area contributed by atoms with Crippen LogP contribution in [0.1, 0.15) is 19.8 Å². The molecule has 1 aliphatic rings. The van der Waals surface area contributed by atoms with E-state index in [1.54, 1.807) is 14.2 Å². The molecule has 1 fully saturated rings. The zero-order valence-corrected chi connectivity index (χ0v) is 11.5. The van der Waals surface area contributed by atoms with Crippen molar-refractivity contribution in [3.05, 3.63) is 0 Å². The van der Waals surface area contributed by atoms with Gasteiger partial charge in [-0.3, -0.25) is 9.79 Å². The highest BCUT2D eigenvalue weighted by atomic mass is 16.5. The molecule has 1 aliphatic carbocycles. The largest absolute Gasteiger partial charge is 0.383 e. The van der Waals surface area contributed by atoms with Gasteiger partial charge in [0.1, 0.15) is 0 Å². The number of methoxy groups -OCH3 is 1. The van der Waals surface area contributed by atoms with Crippen molar-refractivity contribution in [3.8, 4) is 0 Å². The number of amides is 1.